The van der Waals surface area contributed by atoms with Gasteiger partial charge in [-0.1, -0.05) is 30.3 Å². The van der Waals surface area contributed by atoms with Gasteiger partial charge in [0.25, 0.3) is 5.91 Å². The van der Waals surface area contributed by atoms with Gasteiger partial charge < -0.3 is 16.2 Å². The molecule has 6 nitrogen and oxygen atoms in total. The summed E-state index contributed by atoms with van der Waals surface area (Å²) in [6.07, 6.45) is -4.63. The van der Waals surface area contributed by atoms with Crippen molar-refractivity contribution in [3.05, 3.63) is 70.9 Å². The summed E-state index contributed by atoms with van der Waals surface area (Å²) in [6, 6.07) is 11.3. The van der Waals surface area contributed by atoms with Crippen LogP contribution in [0.1, 0.15) is 22.4 Å². The third-order valence-electron chi connectivity index (χ3n) is 4.79. The van der Waals surface area contributed by atoms with Crippen LogP contribution in [0.3, 0.4) is 0 Å². The zero-order valence-electron chi connectivity index (χ0n) is 14.6. The van der Waals surface area contributed by atoms with E-state index in [1.165, 1.54) is 25.1 Å². The minimum absolute atomic E-state index is 0.0491. The number of anilines is 2. The van der Waals surface area contributed by atoms with Crippen molar-refractivity contribution in [3.8, 4) is 5.69 Å². The second-order valence-corrected chi connectivity index (χ2v) is 6.48. The number of nitrogens with two attached hydrogens (primary N) is 1. The average Bonchev–Trinajstić information content (AvgIpc) is 3.08. The first-order valence-corrected chi connectivity index (χ1v) is 8.31. The molecule has 2 heterocycles. The van der Waals surface area contributed by atoms with Crippen LogP contribution in [-0.2, 0) is 16.6 Å². The highest BCUT2D eigenvalue weighted by Gasteiger charge is 2.50. The molecular weight excluding hydrogens is 373 g/mol. The average molecular weight is 388 g/mol. The Morgan fingerprint density at radius 3 is 2.50 bits per heavy atom. The Labute approximate surface area is 157 Å². The molecule has 0 aliphatic carbocycles. The zero-order chi connectivity index (χ0) is 20.3. The Hall–Kier alpha value is -3.33. The van der Waals surface area contributed by atoms with E-state index in [1.807, 2.05) is 0 Å². The molecule has 0 saturated heterocycles. The van der Waals surface area contributed by atoms with Crippen LogP contribution in [0.15, 0.2) is 48.5 Å². The molecule has 0 saturated carbocycles. The van der Waals surface area contributed by atoms with Gasteiger partial charge in [0.1, 0.15) is 5.82 Å². The number of aromatic nitrogens is 2. The van der Waals surface area contributed by atoms with E-state index >= 15 is 0 Å². The molecule has 0 bridgehead atoms. The van der Waals surface area contributed by atoms with Crippen LogP contribution in [-0.4, -0.2) is 20.8 Å². The number of hydrogen-bond acceptors (Lipinski definition) is 4. The number of nitrogens with zero attached hydrogens (tertiary/aromatic N) is 2. The smallest absolute Gasteiger partial charge is 0.383 e. The van der Waals surface area contributed by atoms with Gasteiger partial charge in [-0.3, -0.25) is 4.79 Å². The number of aliphatic hydroxyl groups is 1. The highest BCUT2D eigenvalue weighted by atomic mass is 19.4. The highest BCUT2D eigenvalue weighted by Crippen LogP contribution is 2.45. The molecule has 28 heavy (non-hydrogen) atoms. The van der Waals surface area contributed by atoms with Crippen molar-refractivity contribution < 1.29 is 23.1 Å². The Morgan fingerprint density at radius 1 is 1.14 bits per heavy atom. The van der Waals surface area contributed by atoms with Crippen LogP contribution in [0.25, 0.3) is 5.69 Å². The summed E-state index contributed by atoms with van der Waals surface area (Å²) in [4.78, 5) is 12.6. The van der Waals surface area contributed by atoms with Crippen molar-refractivity contribution in [2.24, 2.45) is 0 Å². The van der Waals surface area contributed by atoms with E-state index in [0.717, 1.165) is 10.7 Å². The lowest BCUT2D eigenvalue weighted by Gasteiger charge is -2.21. The summed E-state index contributed by atoms with van der Waals surface area (Å²) in [6.45, 7) is 1.48. The molecule has 1 aliphatic heterocycles. The third-order valence-corrected chi connectivity index (χ3v) is 4.79. The van der Waals surface area contributed by atoms with Gasteiger partial charge in [0.05, 0.1) is 22.5 Å². The fourth-order valence-corrected chi connectivity index (χ4v) is 3.56. The second kappa shape index (κ2) is 5.83. The van der Waals surface area contributed by atoms with E-state index in [-0.39, 0.29) is 28.3 Å². The highest BCUT2D eigenvalue weighted by molar-refractivity contribution is 6.08. The number of nitrogen functional groups attached to an aromatic ring is 1. The normalized spacial score (nSPS) is 18.8. The molecule has 0 radical (unpaired) electrons. The van der Waals surface area contributed by atoms with E-state index in [0.29, 0.717) is 5.69 Å². The van der Waals surface area contributed by atoms with E-state index in [4.69, 9.17) is 5.73 Å². The molecule has 144 valence electrons. The number of aryl methyl sites for hydroxylation is 1. The van der Waals surface area contributed by atoms with E-state index in [1.54, 1.807) is 24.3 Å². The predicted octanol–water partition coefficient (Wildman–Crippen LogP) is 2.97. The van der Waals surface area contributed by atoms with Gasteiger partial charge in [0.15, 0.2) is 0 Å². The van der Waals surface area contributed by atoms with Gasteiger partial charge in [0, 0.05) is 11.3 Å². The maximum absolute atomic E-state index is 13.4. The van der Waals surface area contributed by atoms with Gasteiger partial charge in [-0.05, 0) is 25.1 Å². The molecule has 4 rings (SSSR count). The number of benzene rings is 2. The maximum atomic E-state index is 13.4. The number of nitrogens with one attached hydrogen (secondary N) is 1. The molecule has 1 aromatic heterocycles. The van der Waals surface area contributed by atoms with Crippen molar-refractivity contribution in [2.75, 3.05) is 11.1 Å². The fourth-order valence-electron chi connectivity index (χ4n) is 3.56. The van der Waals surface area contributed by atoms with Crippen LogP contribution in [0.2, 0.25) is 0 Å². The first kappa shape index (κ1) is 18.1. The molecule has 1 amide bonds. The lowest BCUT2D eigenvalue weighted by molar-refractivity contribution is -0.137. The van der Waals surface area contributed by atoms with Gasteiger partial charge in [-0.2, -0.15) is 18.3 Å². The van der Waals surface area contributed by atoms with Crippen molar-refractivity contribution in [3.63, 3.8) is 0 Å². The number of rotatable bonds is 2. The van der Waals surface area contributed by atoms with E-state index in [9.17, 15) is 23.1 Å². The molecule has 4 N–H and O–H groups in total. The van der Waals surface area contributed by atoms with Crippen LogP contribution in [0, 0.1) is 6.92 Å². The third kappa shape index (κ3) is 2.40. The minimum atomic E-state index is -4.63. The van der Waals surface area contributed by atoms with Crippen LogP contribution in [0.5, 0.6) is 0 Å². The molecule has 0 unspecified atom stereocenters. The van der Waals surface area contributed by atoms with E-state index in [2.05, 4.69) is 10.4 Å². The predicted molar refractivity (Wildman–Crippen MR) is 95.8 cm³/mol. The summed E-state index contributed by atoms with van der Waals surface area (Å²) < 4.78 is 41.1. The Kier molecular flexibility index (Phi) is 3.76. The number of para-hydroxylation sites is 2. The number of halogens is 3. The van der Waals surface area contributed by atoms with Gasteiger partial charge in [-0.25, -0.2) is 4.68 Å². The molecule has 0 spiro atoms. The number of alkyl halides is 3. The Bertz CT molecular complexity index is 1110. The molecule has 3 aromatic rings. The van der Waals surface area contributed by atoms with Gasteiger partial charge in [-0.15, -0.1) is 0 Å². The topological polar surface area (TPSA) is 93.2 Å². The van der Waals surface area contributed by atoms with Crippen LogP contribution < -0.4 is 11.1 Å². The SMILES string of the molecule is Cc1nn(-c2ccccc2C(F)(F)F)c(N)c1[C@@]1(O)C(=O)Nc2ccccc21. The molecule has 1 aliphatic rings. The largest absolute Gasteiger partial charge is 0.418 e. The minimum Gasteiger partial charge on any atom is -0.383 e. The van der Waals surface area contributed by atoms with Crippen molar-refractivity contribution in [1.82, 2.24) is 9.78 Å². The monoisotopic (exact) mass is 388 g/mol. The number of carbonyl (C=O) groups excluding carboxylic acids is 1. The first-order chi connectivity index (χ1) is 13.2. The van der Waals surface area contributed by atoms with E-state index < -0.39 is 23.2 Å². The Morgan fingerprint density at radius 2 is 1.79 bits per heavy atom. The summed E-state index contributed by atoms with van der Waals surface area (Å²) in [5.41, 5.74) is 3.50. The maximum Gasteiger partial charge on any atom is 0.418 e. The van der Waals surface area contributed by atoms with Crippen molar-refractivity contribution >= 4 is 17.4 Å². The molecule has 1 atom stereocenters. The molecule has 2 aromatic carbocycles. The fraction of sp³-hybridized carbons (Fsp3) is 0.158. The van der Waals surface area contributed by atoms with Crippen molar-refractivity contribution in [1.29, 1.82) is 0 Å². The molecular formula is C19H15F3N4O2. The second-order valence-electron chi connectivity index (χ2n) is 6.48. The lowest BCUT2D eigenvalue weighted by atomic mass is 9.87. The lowest BCUT2D eigenvalue weighted by Crippen LogP contribution is -2.36. The van der Waals surface area contributed by atoms with Crippen LogP contribution in [0.4, 0.5) is 24.7 Å². The number of hydrogen-bond donors (Lipinski definition) is 3. The summed E-state index contributed by atoms with van der Waals surface area (Å²) in [5, 5.41) is 17.9. The van der Waals surface area contributed by atoms with Crippen LogP contribution >= 0.6 is 0 Å². The Balaban J connectivity index is 1.96. The zero-order valence-corrected chi connectivity index (χ0v) is 14.6. The summed E-state index contributed by atoms with van der Waals surface area (Å²) in [5.74, 6) is -0.990. The quantitative estimate of drug-likeness (QED) is 0.629. The first-order valence-electron chi connectivity index (χ1n) is 8.31. The summed E-state index contributed by atoms with van der Waals surface area (Å²) in [7, 11) is 0. The number of fused-ring (bicyclic) bond motifs is 1. The molecule has 0 fully saturated rings. The standard InChI is InChI=1S/C19H15F3N4O2/c1-10-15(18(28)11-6-2-4-8-13(11)24-17(18)27)16(23)26(25-10)14-9-5-3-7-12(14)19(20,21)22/h2-9,28H,23H2,1H3,(H,24,27)/t18-/m1/s1. The van der Waals surface area contributed by atoms with Gasteiger partial charge in [0.2, 0.25) is 5.60 Å². The molecule has 9 heteroatoms. The van der Waals surface area contributed by atoms with Crippen molar-refractivity contribution in [2.45, 2.75) is 18.7 Å². The number of amides is 1. The van der Waals surface area contributed by atoms with Gasteiger partial charge >= 0.3 is 6.18 Å². The summed E-state index contributed by atoms with van der Waals surface area (Å²) >= 11 is 0. The number of carbonyl (C=O) groups is 1.